The predicted octanol–water partition coefficient (Wildman–Crippen LogP) is 4.66. The van der Waals surface area contributed by atoms with Gasteiger partial charge in [-0.1, -0.05) is 54.1 Å². The standard InChI is InChI=1S/C24H20ClN7O/c1-14(31-23-21-22(28-12-27-21)29-13-30-23)18-10-16-8-5-9-17(25)19(16)20(32-18)24(33)26-11-15-6-3-2-4-7-15/h2-10,12-14H,11H2,1H3,(H,26,33)(H2,27,28,29,30,31)/t14-/m0/s1. The van der Waals surface area contributed by atoms with Crippen LogP contribution in [0.4, 0.5) is 5.82 Å². The highest BCUT2D eigenvalue weighted by Gasteiger charge is 2.19. The Balaban J connectivity index is 1.49. The van der Waals surface area contributed by atoms with Crippen LogP contribution in [0.2, 0.25) is 5.02 Å². The van der Waals surface area contributed by atoms with Crippen molar-refractivity contribution in [1.82, 2.24) is 30.2 Å². The van der Waals surface area contributed by atoms with Crippen molar-refractivity contribution in [2.24, 2.45) is 0 Å². The summed E-state index contributed by atoms with van der Waals surface area (Å²) >= 11 is 6.47. The molecule has 0 saturated carbocycles. The van der Waals surface area contributed by atoms with Gasteiger partial charge in [-0.2, -0.15) is 0 Å². The van der Waals surface area contributed by atoms with Gasteiger partial charge in [-0.3, -0.25) is 4.79 Å². The van der Waals surface area contributed by atoms with E-state index in [4.69, 9.17) is 16.6 Å². The predicted molar refractivity (Wildman–Crippen MR) is 128 cm³/mol. The molecule has 9 heteroatoms. The average molecular weight is 458 g/mol. The van der Waals surface area contributed by atoms with Crippen LogP contribution in [0.25, 0.3) is 21.9 Å². The Morgan fingerprint density at radius 3 is 2.79 bits per heavy atom. The monoisotopic (exact) mass is 457 g/mol. The van der Waals surface area contributed by atoms with Gasteiger partial charge in [0.25, 0.3) is 5.91 Å². The lowest BCUT2D eigenvalue weighted by molar-refractivity contribution is 0.0947. The molecular weight excluding hydrogens is 438 g/mol. The SMILES string of the molecule is C[C@H](Nc1ncnc2[nH]cnc12)c1cc2cccc(Cl)c2c(C(=O)NCc2ccccc2)n1. The van der Waals surface area contributed by atoms with E-state index >= 15 is 0 Å². The largest absolute Gasteiger partial charge is 0.360 e. The first kappa shape index (κ1) is 20.8. The van der Waals surface area contributed by atoms with Gasteiger partial charge in [0.2, 0.25) is 0 Å². The van der Waals surface area contributed by atoms with Crippen LogP contribution in [-0.2, 0) is 6.54 Å². The smallest absolute Gasteiger partial charge is 0.270 e. The molecule has 164 valence electrons. The molecule has 8 nitrogen and oxygen atoms in total. The number of amides is 1. The van der Waals surface area contributed by atoms with E-state index in [9.17, 15) is 4.79 Å². The Hall–Kier alpha value is -4.04. The van der Waals surface area contributed by atoms with Crippen LogP contribution in [-0.4, -0.2) is 30.8 Å². The maximum atomic E-state index is 13.2. The lowest BCUT2D eigenvalue weighted by Crippen LogP contribution is -2.25. The zero-order valence-electron chi connectivity index (χ0n) is 17.7. The summed E-state index contributed by atoms with van der Waals surface area (Å²) in [7, 11) is 0. The average Bonchev–Trinajstić information content (AvgIpc) is 3.33. The molecule has 3 aromatic heterocycles. The second kappa shape index (κ2) is 8.84. The van der Waals surface area contributed by atoms with Gasteiger partial charge < -0.3 is 15.6 Å². The molecule has 0 aliphatic heterocycles. The van der Waals surface area contributed by atoms with Crippen molar-refractivity contribution in [2.75, 3.05) is 5.32 Å². The van der Waals surface area contributed by atoms with Gasteiger partial charge in [-0.25, -0.2) is 19.9 Å². The van der Waals surface area contributed by atoms with Gasteiger partial charge in [-0.05, 0) is 30.0 Å². The van der Waals surface area contributed by atoms with E-state index < -0.39 is 0 Å². The van der Waals surface area contributed by atoms with Crippen molar-refractivity contribution < 1.29 is 4.79 Å². The topological polar surface area (TPSA) is 108 Å². The van der Waals surface area contributed by atoms with Gasteiger partial charge in [0.15, 0.2) is 11.5 Å². The fraction of sp³-hybridized carbons (Fsp3) is 0.125. The van der Waals surface area contributed by atoms with Gasteiger partial charge in [0, 0.05) is 11.9 Å². The second-order valence-electron chi connectivity index (χ2n) is 7.59. The molecule has 0 saturated heterocycles. The number of nitrogens with zero attached hydrogens (tertiary/aromatic N) is 4. The zero-order valence-corrected chi connectivity index (χ0v) is 18.5. The molecule has 5 rings (SSSR count). The summed E-state index contributed by atoms with van der Waals surface area (Å²) in [5, 5.41) is 8.22. The summed E-state index contributed by atoms with van der Waals surface area (Å²) in [4.78, 5) is 33.6. The van der Waals surface area contributed by atoms with Gasteiger partial charge in [-0.15, -0.1) is 0 Å². The summed E-state index contributed by atoms with van der Waals surface area (Å²) in [5.74, 6) is 0.291. The Morgan fingerprint density at radius 2 is 1.94 bits per heavy atom. The molecule has 0 aliphatic rings. The summed E-state index contributed by atoms with van der Waals surface area (Å²) in [5.41, 5.74) is 3.23. The van der Waals surface area contributed by atoms with E-state index in [1.165, 1.54) is 6.33 Å². The van der Waals surface area contributed by atoms with Crippen molar-refractivity contribution in [1.29, 1.82) is 0 Å². The number of aromatic amines is 1. The minimum atomic E-state index is -0.289. The third-order valence-electron chi connectivity index (χ3n) is 5.35. The third kappa shape index (κ3) is 4.20. The number of hydrogen-bond donors (Lipinski definition) is 3. The number of anilines is 1. The molecule has 3 N–H and O–H groups in total. The molecular formula is C24H20ClN7O. The van der Waals surface area contributed by atoms with Crippen LogP contribution in [0.15, 0.2) is 67.3 Å². The number of halogens is 1. The van der Waals surface area contributed by atoms with E-state index in [0.29, 0.717) is 39.6 Å². The molecule has 3 heterocycles. The normalized spacial score (nSPS) is 12.1. The van der Waals surface area contributed by atoms with Crippen LogP contribution < -0.4 is 10.6 Å². The first-order valence-corrected chi connectivity index (χ1v) is 10.8. The Labute approximate surface area is 194 Å². The number of rotatable bonds is 6. The lowest BCUT2D eigenvalue weighted by Gasteiger charge is -2.17. The number of imidazole rings is 1. The fourth-order valence-corrected chi connectivity index (χ4v) is 3.96. The first-order valence-electron chi connectivity index (χ1n) is 10.4. The number of hydrogen-bond acceptors (Lipinski definition) is 6. The third-order valence-corrected chi connectivity index (χ3v) is 5.67. The van der Waals surface area contributed by atoms with E-state index in [2.05, 4.69) is 30.6 Å². The van der Waals surface area contributed by atoms with Gasteiger partial charge in [0.1, 0.15) is 17.5 Å². The number of benzene rings is 2. The number of nitrogens with one attached hydrogen (secondary N) is 3. The molecule has 5 aromatic rings. The molecule has 0 spiro atoms. The number of H-pyrrole nitrogens is 1. The molecule has 0 fully saturated rings. The number of carbonyl (C=O) groups excluding carboxylic acids is 1. The number of pyridine rings is 1. The number of carbonyl (C=O) groups is 1. The van der Waals surface area contributed by atoms with Crippen LogP contribution >= 0.6 is 11.6 Å². The molecule has 0 bridgehead atoms. The molecule has 1 atom stereocenters. The van der Waals surface area contributed by atoms with Gasteiger partial charge >= 0.3 is 0 Å². The maximum absolute atomic E-state index is 13.2. The Kier molecular flexibility index (Phi) is 5.58. The minimum absolute atomic E-state index is 0.260. The Bertz CT molecular complexity index is 1450. The molecule has 1 amide bonds. The first-order chi connectivity index (χ1) is 16.1. The number of aromatic nitrogens is 5. The fourth-order valence-electron chi connectivity index (χ4n) is 3.68. The summed E-state index contributed by atoms with van der Waals surface area (Å²) < 4.78 is 0. The summed E-state index contributed by atoms with van der Waals surface area (Å²) in [6.07, 6.45) is 3.03. The highest BCUT2D eigenvalue weighted by Crippen LogP contribution is 2.29. The summed E-state index contributed by atoms with van der Waals surface area (Å²) in [6, 6.07) is 16.9. The van der Waals surface area contributed by atoms with E-state index in [-0.39, 0.29) is 17.6 Å². The minimum Gasteiger partial charge on any atom is -0.360 e. The van der Waals surface area contributed by atoms with Crippen molar-refractivity contribution in [2.45, 2.75) is 19.5 Å². The molecule has 0 radical (unpaired) electrons. The molecule has 2 aromatic carbocycles. The van der Waals surface area contributed by atoms with Crippen LogP contribution in [0.5, 0.6) is 0 Å². The van der Waals surface area contributed by atoms with Crippen molar-refractivity contribution in [3.63, 3.8) is 0 Å². The van der Waals surface area contributed by atoms with Crippen LogP contribution in [0, 0.1) is 0 Å². The molecule has 0 aliphatic carbocycles. The maximum Gasteiger partial charge on any atom is 0.270 e. The van der Waals surface area contributed by atoms with Crippen molar-refractivity contribution >= 4 is 45.3 Å². The lowest BCUT2D eigenvalue weighted by atomic mass is 10.1. The van der Waals surface area contributed by atoms with E-state index in [0.717, 1.165) is 10.9 Å². The highest BCUT2D eigenvalue weighted by molar-refractivity contribution is 6.36. The van der Waals surface area contributed by atoms with Gasteiger partial charge in [0.05, 0.1) is 23.1 Å². The van der Waals surface area contributed by atoms with Crippen molar-refractivity contribution in [3.8, 4) is 0 Å². The second-order valence-corrected chi connectivity index (χ2v) is 8.00. The van der Waals surface area contributed by atoms with Crippen molar-refractivity contribution in [3.05, 3.63) is 89.2 Å². The van der Waals surface area contributed by atoms with E-state index in [1.54, 1.807) is 12.4 Å². The number of fused-ring (bicyclic) bond motifs is 2. The molecule has 0 unspecified atom stereocenters. The Morgan fingerprint density at radius 1 is 1.09 bits per heavy atom. The summed E-state index contributed by atoms with van der Waals surface area (Å²) in [6.45, 7) is 2.34. The van der Waals surface area contributed by atoms with Crippen LogP contribution in [0.3, 0.4) is 0 Å². The quantitative estimate of drug-likeness (QED) is 0.342. The highest BCUT2D eigenvalue weighted by atomic mass is 35.5. The zero-order chi connectivity index (χ0) is 22.8. The molecule has 33 heavy (non-hydrogen) atoms. The van der Waals surface area contributed by atoms with E-state index in [1.807, 2.05) is 55.5 Å². The van der Waals surface area contributed by atoms with Crippen LogP contribution in [0.1, 0.15) is 34.7 Å².